The number of pyridine rings is 1. The zero-order chi connectivity index (χ0) is 10.7. The number of hydrogen-bond acceptors (Lipinski definition) is 1. The molecule has 1 nitrogen and oxygen atoms in total. The lowest BCUT2D eigenvalue weighted by Crippen LogP contribution is -2.21. The lowest BCUT2D eigenvalue weighted by Gasteiger charge is -2.04. The highest BCUT2D eigenvalue weighted by Gasteiger charge is 2.02. The van der Waals surface area contributed by atoms with Gasteiger partial charge in [-0.1, -0.05) is 49.4 Å². The Morgan fingerprint density at radius 2 is 1.67 bits per heavy atom. The second-order valence-electron chi connectivity index (χ2n) is 4.02. The molecule has 1 heterocycles. The molecule has 1 aromatic carbocycles. The number of rotatable bonds is 2. The highest BCUT2D eigenvalue weighted by atomic mass is 14.6. The Hall–Kier alpha value is -1.57. The Labute approximate surface area is 91.3 Å². The van der Waals surface area contributed by atoms with E-state index in [9.17, 15) is 0 Å². The molecule has 0 spiro atoms. The zero-order valence-electron chi connectivity index (χ0n) is 9.14. The molecule has 15 heavy (non-hydrogen) atoms. The van der Waals surface area contributed by atoms with Crippen molar-refractivity contribution in [2.45, 2.75) is 13.6 Å². The minimum absolute atomic E-state index is 0.591. The van der Waals surface area contributed by atoms with Crippen LogP contribution in [0.1, 0.15) is 0 Å². The number of nitrogens with zero attached hydrogens (tertiary/aromatic N) is 1. The maximum absolute atomic E-state index is 4.12. The summed E-state index contributed by atoms with van der Waals surface area (Å²) in [5.74, 6) is 0. The molecule has 0 radical (unpaired) electrons. The third-order valence-corrected chi connectivity index (χ3v) is 2.57. The van der Waals surface area contributed by atoms with Gasteiger partial charge >= 0.3 is 0 Å². The number of hydrogen-bond donors (Lipinski definition) is 0. The molecule has 74 valence electrons. The molecule has 0 saturated heterocycles. The van der Waals surface area contributed by atoms with Crippen molar-refractivity contribution in [3.8, 4) is 11.1 Å². The SMILES string of the molecule is CB(C)c1ccc(-c2cccnc2)cc1. The minimum Gasteiger partial charge on any atom is -0.264 e. The predicted molar refractivity (Wildman–Crippen MR) is 66.8 cm³/mol. The fourth-order valence-electron chi connectivity index (χ4n) is 1.59. The van der Waals surface area contributed by atoms with Gasteiger partial charge in [0.2, 0.25) is 0 Å². The van der Waals surface area contributed by atoms with Crippen LogP contribution in [0, 0.1) is 0 Å². The second kappa shape index (κ2) is 4.30. The van der Waals surface area contributed by atoms with Crippen molar-refractivity contribution >= 4 is 12.2 Å². The Balaban J connectivity index is 2.32. The van der Waals surface area contributed by atoms with Crippen molar-refractivity contribution in [2.24, 2.45) is 0 Å². The molecule has 0 unspecified atom stereocenters. The first-order valence-corrected chi connectivity index (χ1v) is 5.28. The third kappa shape index (κ3) is 2.27. The van der Waals surface area contributed by atoms with Gasteiger partial charge in [0.25, 0.3) is 0 Å². The molecule has 0 aliphatic rings. The van der Waals surface area contributed by atoms with E-state index in [4.69, 9.17) is 0 Å². The second-order valence-corrected chi connectivity index (χ2v) is 4.02. The van der Waals surface area contributed by atoms with Crippen molar-refractivity contribution in [2.75, 3.05) is 0 Å². The topological polar surface area (TPSA) is 12.9 Å². The first-order chi connectivity index (χ1) is 7.27. The van der Waals surface area contributed by atoms with E-state index in [2.05, 4.69) is 49.0 Å². The van der Waals surface area contributed by atoms with Gasteiger partial charge in [-0.15, -0.1) is 0 Å². The fraction of sp³-hybridized carbons (Fsp3) is 0.154. The highest BCUT2D eigenvalue weighted by Crippen LogP contribution is 2.16. The summed E-state index contributed by atoms with van der Waals surface area (Å²) in [6.45, 7) is 5.01. The lowest BCUT2D eigenvalue weighted by atomic mass is 9.49. The van der Waals surface area contributed by atoms with E-state index in [1.165, 1.54) is 16.6 Å². The number of benzene rings is 1. The first-order valence-electron chi connectivity index (χ1n) is 5.28. The maximum atomic E-state index is 4.12. The van der Waals surface area contributed by atoms with Gasteiger partial charge in [0, 0.05) is 12.4 Å². The van der Waals surface area contributed by atoms with Gasteiger partial charge in [0.1, 0.15) is 0 Å². The average Bonchev–Trinajstić information content (AvgIpc) is 2.30. The van der Waals surface area contributed by atoms with Crippen molar-refractivity contribution in [1.82, 2.24) is 4.98 Å². The van der Waals surface area contributed by atoms with Gasteiger partial charge in [-0.2, -0.15) is 0 Å². The van der Waals surface area contributed by atoms with Crippen LogP contribution in [0.2, 0.25) is 13.6 Å². The van der Waals surface area contributed by atoms with Crippen LogP contribution in [0.4, 0.5) is 0 Å². The minimum atomic E-state index is 0.591. The fourth-order valence-corrected chi connectivity index (χ4v) is 1.59. The van der Waals surface area contributed by atoms with Gasteiger partial charge < -0.3 is 0 Å². The summed E-state index contributed by atoms with van der Waals surface area (Å²) in [6, 6.07) is 12.7. The largest absolute Gasteiger partial charge is 0.264 e. The average molecular weight is 195 g/mol. The van der Waals surface area contributed by atoms with E-state index in [-0.39, 0.29) is 0 Å². The summed E-state index contributed by atoms with van der Waals surface area (Å²) in [4.78, 5) is 4.12. The quantitative estimate of drug-likeness (QED) is 0.671. The van der Waals surface area contributed by atoms with Gasteiger partial charge in [-0.05, 0) is 17.2 Å². The van der Waals surface area contributed by atoms with Crippen LogP contribution in [0.5, 0.6) is 0 Å². The van der Waals surface area contributed by atoms with E-state index in [1.54, 1.807) is 6.20 Å². The molecule has 0 amide bonds. The molecule has 0 atom stereocenters. The smallest absolute Gasteiger partial charge is 0.169 e. The standard InChI is InChI=1S/C13H14BN/c1-14(2)13-7-5-11(6-8-13)12-4-3-9-15-10-12/h3-10H,1-2H3. The lowest BCUT2D eigenvalue weighted by molar-refractivity contribution is 1.33. The Bertz CT molecular complexity index is 420. The molecule has 0 aliphatic carbocycles. The molecule has 0 N–H and O–H groups in total. The zero-order valence-corrected chi connectivity index (χ0v) is 9.14. The Morgan fingerprint density at radius 1 is 0.933 bits per heavy atom. The van der Waals surface area contributed by atoms with E-state index in [0.717, 1.165) is 0 Å². The molecular weight excluding hydrogens is 181 g/mol. The highest BCUT2D eigenvalue weighted by molar-refractivity contribution is 6.70. The van der Waals surface area contributed by atoms with Crippen LogP contribution >= 0.6 is 0 Å². The summed E-state index contributed by atoms with van der Waals surface area (Å²) in [7, 11) is 0. The third-order valence-electron chi connectivity index (χ3n) is 2.57. The van der Waals surface area contributed by atoms with E-state index in [1.807, 2.05) is 12.3 Å². The van der Waals surface area contributed by atoms with Gasteiger partial charge in [0.15, 0.2) is 6.71 Å². The van der Waals surface area contributed by atoms with Crippen molar-refractivity contribution in [1.29, 1.82) is 0 Å². The molecule has 1 aromatic heterocycles. The maximum Gasteiger partial charge on any atom is 0.169 e. The van der Waals surface area contributed by atoms with Crippen LogP contribution in [-0.2, 0) is 0 Å². The van der Waals surface area contributed by atoms with E-state index < -0.39 is 0 Å². The Kier molecular flexibility index (Phi) is 2.86. The first kappa shape index (κ1) is 9.97. The van der Waals surface area contributed by atoms with E-state index in [0.29, 0.717) is 6.71 Å². The Morgan fingerprint density at radius 3 is 2.20 bits per heavy atom. The van der Waals surface area contributed by atoms with Crippen molar-refractivity contribution < 1.29 is 0 Å². The summed E-state index contributed by atoms with van der Waals surface area (Å²) in [6.07, 6.45) is 3.69. The molecular formula is C13H14BN. The van der Waals surface area contributed by atoms with Crippen LogP contribution in [0.15, 0.2) is 48.8 Å². The molecule has 0 bridgehead atoms. The normalized spacial score (nSPS) is 10.0. The predicted octanol–water partition coefficient (Wildman–Crippen LogP) is 2.71. The molecule has 2 aromatic rings. The monoisotopic (exact) mass is 195 g/mol. The van der Waals surface area contributed by atoms with Crippen molar-refractivity contribution in [3.63, 3.8) is 0 Å². The summed E-state index contributed by atoms with van der Waals surface area (Å²) in [5.41, 5.74) is 3.78. The summed E-state index contributed by atoms with van der Waals surface area (Å²) in [5, 5.41) is 0. The van der Waals surface area contributed by atoms with E-state index >= 15 is 0 Å². The van der Waals surface area contributed by atoms with Crippen LogP contribution < -0.4 is 5.46 Å². The molecule has 0 aliphatic heterocycles. The number of aromatic nitrogens is 1. The van der Waals surface area contributed by atoms with Crippen LogP contribution in [0.25, 0.3) is 11.1 Å². The molecule has 0 fully saturated rings. The van der Waals surface area contributed by atoms with Crippen molar-refractivity contribution in [3.05, 3.63) is 48.8 Å². The molecule has 2 rings (SSSR count). The van der Waals surface area contributed by atoms with Crippen LogP contribution in [-0.4, -0.2) is 11.7 Å². The molecule has 0 saturated carbocycles. The summed E-state index contributed by atoms with van der Waals surface area (Å²) >= 11 is 0. The van der Waals surface area contributed by atoms with Gasteiger partial charge in [-0.25, -0.2) is 0 Å². The van der Waals surface area contributed by atoms with Gasteiger partial charge in [-0.3, -0.25) is 4.98 Å². The van der Waals surface area contributed by atoms with Crippen LogP contribution in [0.3, 0.4) is 0 Å². The van der Waals surface area contributed by atoms with Gasteiger partial charge in [0.05, 0.1) is 0 Å². The molecule has 2 heteroatoms. The summed E-state index contributed by atoms with van der Waals surface area (Å²) < 4.78 is 0.